The van der Waals surface area contributed by atoms with Crippen molar-refractivity contribution in [1.82, 2.24) is 9.97 Å². The number of nitrogens with zero attached hydrogens (tertiary/aromatic N) is 2. The van der Waals surface area contributed by atoms with Crippen LogP contribution in [0.3, 0.4) is 0 Å². The second-order valence-corrected chi connectivity index (χ2v) is 5.02. The Morgan fingerprint density at radius 3 is 2.72 bits per heavy atom. The molecule has 2 aliphatic heterocycles. The maximum Gasteiger partial charge on any atom is 0.258 e. The van der Waals surface area contributed by atoms with Crippen molar-refractivity contribution in [1.29, 1.82) is 0 Å². The smallest absolute Gasteiger partial charge is 0.258 e. The van der Waals surface area contributed by atoms with Crippen molar-refractivity contribution in [2.45, 2.75) is 38.7 Å². The monoisotopic (exact) mass is 249 g/mol. The molecule has 98 valence electrons. The third-order valence-electron chi connectivity index (χ3n) is 3.72. The molecular weight excluding hydrogens is 230 g/mol. The van der Waals surface area contributed by atoms with Gasteiger partial charge in [-0.15, -0.1) is 0 Å². The minimum atomic E-state index is -0.0288. The van der Waals surface area contributed by atoms with E-state index in [2.05, 4.69) is 14.9 Å². The molecule has 3 heterocycles. The molecule has 2 aliphatic rings. The molecule has 3 rings (SSSR count). The van der Waals surface area contributed by atoms with Gasteiger partial charge in [0.15, 0.2) is 0 Å². The zero-order chi connectivity index (χ0) is 12.4. The van der Waals surface area contributed by atoms with Gasteiger partial charge in [-0.25, -0.2) is 4.98 Å². The summed E-state index contributed by atoms with van der Waals surface area (Å²) in [6.45, 7) is 3.07. The van der Waals surface area contributed by atoms with Crippen LogP contribution in [-0.4, -0.2) is 29.7 Å². The maximum absolute atomic E-state index is 12.0. The topological polar surface area (TPSA) is 58.2 Å². The van der Waals surface area contributed by atoms with Crippen molar-refractivity contribution < 1.29 is 4.74 Å². The zero-order valence-corrected chi connectivity index (χ0v) is 10.6. The predicted molar refractivity (Wildman–Crippen MR) is 68.9 cm³/mol. The number of anilines is 1. The lowest BCUT2D eigenvalue weighted by molar-refractivity contribution is 0.108. The molecular formula is C13H19N3O2. The third-order valence-corrected chi connectivity index (χ3v) is 3.72. The van der Waals surface area contributed by atoms with Crippen LogP contribution in [0, 0.1) is 0 Å². The van der Waals surface area contributed by atoms with Crippen LogP contribution in [0.4, 0.5) is 5.95 Å². The minimum absolute atomic E-state index is 0.0288. The molecule has 0 amide bonds. The van der Waals surface area contributed by atoms with Crippen molar-refractivity contribution in [3.63, 3.8) is 0 Å². The molecule has 0 unspecified atom stereocenters. The average Bonchev–Trinajstić information content (AvgIpc) is 2.67. The Labute approximate surface area is 106 Å². The highest BCUT2D eigenvalue weighted by Crippen LogP contribution is 2.17. The highest BCUT2D eigenvalue weighted by Gasteiger charge is 2.19. The number of aromatic amines is 1. The first-order valence-electron chi connectivity index (χ1n) is 6.79. The summed E-state index contributed by atoms with van der Waals surface area (Å²) in [5.41, 5.74) is 1.60. The van der Waals surface area contributed by atoms with E-state index in [0.717, 1.165) is 31.2 Å². The van der Waals surface area contributed by atoms with Crippen LogP contribution in [0.1, 0.15) is 36.9 Å². The molecule has 0 bridgehead atoms. The molecule has 0 radical (unpaired) electrons. The van der Waals surface area contributed by atoms with Gasteiger partial charge in [-0.3, -0.25) is 9.78 Å². The van der Waals surface area contributed by atoms with Crippen molar-refractivity contribution >= 4 is 5.95 Å². The fourth-order valence-corrected chi connectivity index (χ4v) is 2.66. The van der Waals surface area contributed by atoms with E-state index >= 15 is 0 Å². The molecule has 18 heavy (non-hydrogen) atoms. The molecule has 1 aromatic rings. The van der Waals surface area contributed by atoms with Crippen LogP contribution in [0.5, 0.6) is 0 Å². The van der Waals surface area contributed by atoms with Crippen molar-refractivity contribution in [3.8, 4) is 0 Å². The minimum Gasteiger partial charge on any atom is -0.376 e. The van der Waals surface area contributed by atoms with Crippen LogP contribution in [-0.2, 0) is 17.8 Å². The summed E-state index contributed by atoms with van der Waals surface area (Å²) in [4.78, 5) is 21.8. The molecule has 1 N–H and O–H groups in total. The van der Waals surface area contributed by atoms with Crippen molar-refractivity contribution in [2.75, 3.05) is 24.6 Å². The number of H-pyrrole nitrogens is 1. The Hall–Kier alpha value is -1.36. The first kappa shape index (κ1) is 11.7. The molecule has 1 saturated heterocycles. The number of fused-ring (bicyclic) bond motifs is 1. The molecule has 0 saturated carbocycles. The summed E-state index contributed by atoms with van der Waals surface area (Å²) in [5.74, 6) is 0.752. The Kier molecular flexibility index (Phi) is 3.32. The maximum atomic E-state index is 12.0. The van der Waals surface area contributed by atoms with Gasteiger partial charge in [0.2, 0.25) is 5.95 Å². The summed E-state index contributed by atoms with van der Waals surface area (Å²) in [6, 6.07) is 0. The lowest BCUT2D eigenvalue weighted by Gasteiger charge is -2.23. The SMILES string of the molecule is O=c1[nH]c(N2CCCCCC2)nc2c1COCC2. The quantitative estimate of drug-likeness (QED) is 0.813. The third kappa shape index (κ3) is 2.27. The molecule has 0 atom stereocenters. The van der Waals surface area contributed by atoms with E-state index in [1.807, 2.05) is 0 Å². The summed E-state index contributed by atoms with van der Waals surface area (Å²) >= 11 is 0. The van der Waals surface area contributed by atoms with E-state index in [0.29, 0.717) is 18.8 Å². The van der Waals surface area contributed by atoms with Gasteiger partial charge in [-0.1, -0.05) is 12.8 Å². The van der Waals surface area contributed by atoms with Gasteiger partial charge in [-0.2, -0.15) is 0 Å². The van der Waals surface area contributed by atoms with Gasteiger partial charge in [0, 0.05) is 19.5 Å². The number of aromatic nitrogens is 2. The summed E-state index contributed by atoms with van der Waals surface area (Å²) in [6.07, 6.45) is 5.67. The number of hydrogen-bond acceptors (Lipinski definition) is 4. The Morgan fingerprint density at radius 2 is 1.94 bits per heavy atom. The van der Waals surface area contributed by atoms with E-state index in [1.54, 1.807) is 0 Å². The second-order valence-electron chi connectivity index (χ2n) is 5.02. The number of rotatable bonds is 1. The first-order chi connectivity index (χ1) is 8.84. The normalized spacial score (nSPS) is 20.3. The molecule has 5 heteroatoms. The lowest BCUT2D eigenvalue weighted by atomic mass is 10.1. The standard InChI is InChI=1S/C13H19N3O2/c17-12-10-9-18-8-5-11(10)14-13(15-12)16-6-3-1-2-4-7-16/h1-9H2,(H,14,15,17). The van der Waals surface area contributed by atoms with Gasteiger partial charge in [0.25, 0.3) is 5.56 Å². The summed E-state index contributed by atoms with van der Waals surface area (Å²) < 4.78 is 5.31. The Morgan fingerprint density at radius 1 is 1.17 bits per heavy atom. The molecule has 0 aliphatic carbocycles. The molecule has 1 fully saturated rings. The van der Waals surface area contributed by atoms with E-state index in [-0.39, 0.29) is 5.56 Å². The van der Waals surface area contributed by atoms with Crippen LogP contribution in [0.2, 0.25) is 0 Å². The molecule has 1 aromatic heterocycles. The summed E-state index contributed by atoms with van der Waals surface area (Å²) in [7, 11) is 0. The number of nitrogens with one attached hydrogen (secondary N) is 1. The van der Waals surface area contributed by atoms with E-state index in [1.165, 1.54) is 25.7 Å². The zero-order valence-electron chi connectivity index (χ0n) is 10.6. The van der Waals surface area contributed by atoms with Crippen LogP contribution >= 0.6 is 0 Å². The lowest BCUT2D eigenvalue weighted by Crippen LogP contribution is -2.31. The molecule has 5 nitrogen and oxygen atoms in total. The summed E-state index contributed by atoms with van der Waals surface area (Å²) in [5, 5.41) is 0. The highest BCUT2D eigenvalue weighted by molar-refractivity contribution is 5.34. The van der Waals surface area contributed by atoms with Crippen molar-refractivity contribution in [2.24, 2.45) is 0 Å². The first-order valence-corrected chi connectivity index (χ1v) is 6.79. The highest BCUT2D eigenvalue weighted by atomic mass is 16.5. The average molecular weight is 249 g/mol. The van der Waals surface area contributed by atoms with Crippen LogP contribution < -0.4 is 10.5 Å². The van der Waals surface area contributed by atoms with E-state index < -0.39 is 0 Å². The van der Waals surface area contributed by atoms with Gasteiger partial charge in [-0.05, 0) is 12.8 Å². The predicted octanol–water partition coefficient (Wildman–Crippen LogP) is 1.22. The van der Waals surface area contributed by atoms with Crippen molar-refractivity contribution in [3.05, 3.63) is 21.6 Å². The molecule has 0 spiro atoms. The number of hydrogen-bond donors (Lipinski definition) is 1. The van der Waals surface area contributed by atoms with E-state index in [9.17, 15) is 4.79 Å². The van der Waals surface area contributed by atoms with Gasteiger partial charge in [0.1, 0.15) is 0 Å². The van der Waals surface area contributed by atoms with Gasteiger partial charge in [0.05, 0.1) is 24.5 Å². The second kappa shape index (κ2) is 5.10. The fourth-order valence-electron chi connectivity index (χ4n) is 2.66. The Balaban J connectivity index is 1.92. The largest absolute Gasteiger partial charge is 0.376 e. The fraction of sp³-hybridized carbons (Fsp3) is 0.692. The van der Waals surface area contributed by atoms with Crippen LogP contribution in [0.25, 0.3) is 0 Å². The number of ether oxygens (including phenoxy) is 1. The molecule has 0 aromatic carbocycles. The van der Waals surface area contributed by atoms with E-state index in [4.69, 9.17) is 4.74 Å². The Bertz CT molecular complexity index is 476. The van der Waals surface area contributed by atoms with Crippen LogP contribution in [0.15, 0.2) is 4.79 Å². The van der Waals surface area contributed by atoms with Gasteiger partial charge >= 0.3 is 0 Å². The van der Waals surface area contributed by atoms with Gasteiger partial charge < -0.3 is 9.64 Å².